The first kappa shape index (κ1) is 15.5. The van der Waals surface area contributed by atoms with Gasteiger partial charge in [-0.05, 0) is 26.3 Å². The van der Waals surface area contributed by atoms with Crippen LogP contribution in [0.1, 0.15) is 31.5 Å². The summed E-state index contributed by atoms with van der Waals surface area (Å²) < 4.78 is 7.35. The number of nitrogens with zero attached hydrogens (tertiary/aromatic N) is 2. The SMILES string of the molecule is CCCOCC(Cc1c(C)nn(C)c1Cl)NCC. The quantitative estimate of drug-likeness (QED) is 0.739. The molecule has 5 heteroatoms. The fourth-order valence-electron chi connectivity index (χ4n) is 2.00. The van der Waals surface area contributed by atoms with Gasteiger partial charge >= 0.3 is 0 Å². The van der Waals surface area contributed by atoms with E-state index in [0.29, 0.717) is 12.6 Å². The molecule has 18 heavy (non-hydrogen) atoms. The second kappa shape index (κ2) is 7.77. The summed E-state index contributed by atoms with van der Waals surface area (Å²) in [6, 6.07) is 0.293. The average molecular weight is 274 g/mol. The Labute approximate surface area is 115 Å². The Kier molecular flexibility index (Phi) is 6.68. The van der Waals surface area contributed by atoms with Gasteiger partial charge in [-0.1, -0.05) is 25.4 Å². The van der Waals surface area contributed by atoms with Crippen LogP contribution in [0.15, 0.2) is 0 Å². The molecule has 1 aromatic heterocycles. The summed E-state index contributed by atoms with van der Waals surface area (Å²) in [5, 5.41) is 8.50. The van der Waals surface area contributed by atoms with Crippen molar-refractivity contribution in [3.8, 4) is 0 Å². The maximum atomic E-state index is 6.25. The average Bonchev–Trinajstić information content (AvgIpc) is 2.56. The van der Waals surface area contributed by atoms with E-state index >= 15 is 0 Å². The summed E-state index contributed by atoms with van der Waals surface area (Å²) >= 11 is 6.25. The molecule has 0 aliphatic carbocycles. The van der Waals surface area contributed by atoms with Crippen LogP contribution >= 0.6 is 11.6 Å². The lowest BCUT2D eigenvalue weighted by atomic mass is 10.1. The van der Waals surface area contributed by atoms with Gasteiger partial charge in [0.05, 0.1) is 12.3 Å². The van der Waals surface area contributed by atoms with Crippen molar-refractivity contribution in [3.05, 3.63) is 16.4 Å². The fourth-order valence-corrected chi connectivity index (χ4v) is 2.25. The number of rotatable bonds is 8. The van der Waals surface area contributed by atoms with Crippen LogP contribution in [0.5, 0.6) is 0 Å². The lowest BCUT2D eigenvalue weighted by Crippen LogP contribution is -2.35. The Balaban J connectivity index is 2.64. The molecular formula is C13H24ClN3O. The summed E-state index contributed by atoms with van der Waals surface area (Å²) in [6.07, 6.45) is 1.90. The molecule has 1 aromatic rings. The molecule has 0 aliphatic heterocycles. The third kappa shape index (κ3) is 4.26. The van der Waals surface area contributed by atoms with Gasteiger partial charge in [0.15, 0.2) is 0 Å². The lowest BCUT2D eigenvalue weighted by molar-refractivity contribution is 0.112. The predicted octanol–water partition coefficient (Wildman–Crippen LogP) is 2.33. The van der Waals surface area contributed by atoms with Crippen molar-refractivity contribution in [2.24, 2.45) is 7.05 Å². The molecule has 0 radical (unpaired) electrons. The van der Waals surface area contributed by atoms with Crippen LogP contribution < -0.4 is 5.32 Å². The van der Waals surface area contributed by atoms with Gasteiger partial charge in [0.1, 0.15) is 5.15 Å². The van der Waals surface area contributed by atoms with E-state index < -0.39 is 0 Å². The van der Waals surface area contributed by atoms with Crippen molar-refractivity contribution in [1.29, 1.82) is 0 Å². The van der Waals surface area contributed by atoms with E-state index in [1.807, 2.05) is 14.0 Å². The molecular weight excluding hydrogens is 250 g/mol. The van der Waals surface area contributed by atoms with Gasteiger partial charge in [-0.25, -0.2) is 0 Å². The molecule has 0 spiro atoms. The van der Waals surface area contributed by atoms with Crippen molar-refractivity contribution in [3.63, 3.8) is 0 Å². The lowest BCUT2D eigenvalue weighted by Gasteiger charge is -2.17. The zero-order chi connectivity index (χ0) is 13.5. The number of nitrogens with one attached hydrogen (secondary N) is 1. The highest BCUT2D eigenvalue weighted by Gasteiger charge is 2.16. The smallest absolute Gasteiger partial charge is 0.130 e. The number of halogens is 1. The van der Waals surface area contributed by atoms with E-state index in [4.69, 9.17) is 16.3 Å². The molecule has 0 aromatic carbocycles. The Morgan fingerprint density at radius 2 is 2.17 bits per heavy atom. The third-order valence-corrected chi connectivity index (χ3v) is 3.35. The van der Waals surface area contributed by atoms with Crippen LogP contribution in [0.4, 0.5) is 0 Å². The Morgan fingerprint density at radius 1 is 1.44 bits per heavy atom. The molecule has 1 rings (SSSR count). The Bertz CT molecular complexity index is 365. The summed E-state index contributed by atoms with van der Waals surface area (Å²) in [7, 11) is 1.87. The maximum absolute atomic E-state index is 6.25. The first-order chi connectivity index (χ1) is 8.60. The Morgan fingerprint density at radius 3 is 2.67 bits per heavy atom. The number of aryl methyl sites for hydroxylation is 2. The van der Waals surface area contributed by atoms with Crippen molar-refractivity contribution >= 4 is 11.6 Å². The molecule has 0 amide bonds. The minimum atomic E-state index is 0.293. The molecule has 4 nitrogen and oxygen atoms in total. The number of hydrogen-bond acceptors (Lipinski definition) is 3. The van der Waals surface area contributed by atoms with Gasteiger partial charge in [0, 0.05) is 25.3 Å². The van der Waals surface area contributed by atoms with Gasteiger partial charge in [0.2, 0.25) is 0 Å². The van der Waals surface area contributed by atoms with E-state index in [0.717, 1.165) is 42.4 Å². The predicted molar refractivity (Wildman–Crippen MR) is 75.2 cm³/mol. The van der Waals surface area contributed by atoms with Crippen LogP contribution in [0.3, 0.4) is 0 Å². The highest BCUT2D eigenvalue weighted by atomic mass is 35.5. The Hall–Kier alpha value is -0.580. The fraction of sp³-hybridized carbons (Fsp3) is 0.769. The van der Waals surface area contributed by atoms with Gasteiger partial charge < -0.3 is 10.1 Å². The summed E-state index contributed by atoms with van der Waals surface area (Å²) in [6.45, 7) is 8.66. The summed E-state index contributed by atoms with van der Waals surface area (Å²) in [4.78, 5) is 0. The second-order valence-electron chi connectivity index (χ2n) is 4.51. The maximum Gasteiger partial charge on any atom is 0.130 e. The van der Waals surface area contributed by atoms with Crippen molar-refractivity contribution in [2.45, 2.75) is 39.7 Å². The second-order valence-corrected chi connectivity index (χ2v) is 4.87. The first-order valence-corrected chi connectivity index (χ1v) is 6.97. The van der Waals surface area contributed by atoms with E-state index in [-0.39, 0.29) is 0 Å². The van der Waals surface area contributed by atoms with Gasteiger partial charge in [-0.15, -0.1) is 0 Å². The van der Waals surface area contributed by atoms with Gasteiger partial charge in [-0.3, -0.25) is 4.68 Å². The minimum absolute atomic E-state index is 0.293. The molecule has 0 saturated heterocycles. The van der Waals surface area contributed by atoms with Crippen LogP contribution in [0.2, 0.25) is 5.15 Å². The normalized spacial score (nSPS) is 12.9. The molecule has 0 saturated carbocycles. The molecule has 0 aliphatic rings. The monoisotopic (exact) mass is 273 g/mol. The summed E-state index contributed by atoms with van der Waals surface area (Å²) in [5.74, 6) is 0. The molecule has 0 fully saturated rings. The number of ether oxygens (including phenoxy) is 1. The highest BCUT2D eigenvalue weighted by Crippen LogP contribution is 2.20. The topological polar surface area (TPSA) is 39.1 Å². The van der Waals surface area contributed by atoms with E-state index in [2.05, 4.69) is 24.3 Å². The first-order valence-electron chi connectivity index (χ1n) is 6.59. The van der Waals surface area contributed by atoms with Crippen molar-refractivity contribution < 1.29 is 4.74 Å². The minimum Gasteiger partial charge on any atom is -0.380 e. The van der Waals surface area contributed by atoms with Gasteiger partial charge in [0.25, 0.3) is 0 Å². The van der Waals surface area contributed by atoms with E-state index in [9.17, 15) is 0 Å². The molecule has 104 valence electrons. The zero-order valence-electron chi connectivity index (χ0n) is 11.8. The van der Waals surface area contributed by atoms with E-state index in [1.54, 1.807) is 4.68 Å². The van der Waals surface area contributed by atoms with Crippen LogP contribution in [0, 0.1) is 6.92 Å². The zero-order valence-corrected chi connectivity index (χ0v) is 12.5. The molecule has 1 unspecified atom stereocenters. The van der Waals surface area contributed by atoms with Crippen LogP contribution in [0.25, 0.3) is 0 Å². The third-order valence-electron chi connectivity index (χ3n) is 2.88. The molecule has 1 N–H and O–H groups in total. The van der Waals surface area contributed by atoms with Crippen molar-refractivity contribution in [1.82, 2.24) is 15.1 Å². The highest BCUT2D eigenvalue weighted by molar-refractivity contribution is 6.30. The standard InChI is InChI=1S/C13H24ClN3O/c1-5-7-18-9-11(15-6-2)8-12-10(3)16-17(4)13(12)14/h11,15H,5-9H2,1-4H3. The van der Waals surface area contributed by atoms with Crippen LogP contribution in [-0.2, 0) is 18.2 Å². The van der Waals surface area contributed by atoms with Gasteiger partial charge in [-0.2, -0.15) is 5.10 Å². The number of hydrogen-bond donors (Lipinski definition) is 1. The van der Waals surface area contributed by atoms with E-state index in [1.165, 1.54) is 0 Å². The summed E-state index contributed by atoms with van der Waals surface area (Å²) in [5.41, 5.74) is 2.12. The number of aromatic nitrogens is 2. The largest absolute Gasteiger partial charge is 0.380 e. The van der Waals surface area contributed by atoms with Crippen LogP contribution in [-0.4, -0.2) is 35.6 Å². The molecule has 1 heterocycles. The number of likely N-dealkylation sites (N-methyl/N-ethyl adjacent to an activating group) is 1. The van der Waals surface area contributed by atoms with Crippen molar-refractivity contribution in [2.75, 3.05) is 19.8 Å². The molecule has 0 bridgehead atoms. The molecule has 1 atom stereocenters.